The molecule has 1 heterocycles. The monoisotopic (exact) mass is 202 g/mol. The molecule has 0 aromatic rings. The lowest BCUT2D eigenvalue weighted by atomic mass is 10.1. The number of nitrogens with two attached hydrogens (primary N) is 1. The van der Waals surface area contributed by atoms with Gasteiger partial charge in [0.1, 0.15) is 0 Å². The van der Waals surface area contributed by atoms with E-state index in [-0.39, 0.29) is 12.0 Å². The summed E-state index contributed by atoms with van der Waals surface area (Å²) < 4.78 is 9.91. The molecule has 1 amide bonds. The minimum Gasteiger partial charge on any atom is -0.449 e. The Balaban J connectivity index is 2.29. The van der Waals surface area contributed by atoms with Crippen LogP contribution >= 0.6 is 0 Å². The Kier molecular flexibility index (Phi) is 4.69. The van der Waals surface area contributed by atoms with Crippen molar-refractivity contribution < 1.29 is 14.3 Å². The lowest BCUT2D eigenvalue weighted by Gasteiger charge is -2.31. The van der Waals surface area contributed by atoms with Crippen molar-refractivity contribution in [2.75, 3.05) is 40.0 Å². The summed E-state index contributed by atoms with van der Waals surface area (Å²) in [5, 5.41) is 0. The summed E-state index contributed by atoms with van der Waals surface area (Å²) in [4.78, 5) is 13.0. The topological polar surface area (TPSA) is 64.8 Å². The van der Waals surface area contributed by atoms with Crippen LogP contribution in [0.25, 0.3) is 0 Å². The first-order chi connectivity index (χ1) is 6.77. The molecule has 5 nitrogen and oxygen atoms in total. The molecule has 1 unspecified atom stereocenters. The number of methoxy groups -OCH3 is 1. The van der Waals surface area contributed by atoms with Gasteiger partial charge in [-0.15, -0.1) is 0 Å². The van der Waals surface area contributed by atoms with Crippen molar-refractivity contribution >= 4 is 6.09 Å². The van der Waals surface area contributed by atoms with Crippen molar-refractivity contribution in [3.63, 3.8) is 0 Å². The Morgan fingerprint density at radius 3 is 3.14 bits per heavy atom. The molecule has 0 spiro atoms. The van der Waals surface area contributed by atoms with Gasteiger partial charge in [-0.3, -0.25) is 0 Å². The second-order valence-electron chi connectivity index (χ2n) is 3.47. The summed E-state index contributed by atoms with van der Waals surface area (Å²) in [6.45, 7) is 3.07. The van der Waals surface area contributed by atoms with Gasteiger partial charge in [0.2, 0.25) is 0 Å². The van der Waals surface area contributed by atoms with Crippen LogP contribution in [-0.4, -0.2) is 51.0 Å². The third-order valence-corrected chi connectivity index (χ3v) is 2.29. The van der Waals surface area contributed by atoms with Crippen molar-refractivity contribution in [3.05, 3.63) is 0 Å². The summed E-state index contributed by atoms with van der Waals surface area (Å²) in [7, 11) is 1.65. The summed E-state index contributed by atoms with van der Waals surface area (Å²) in [5.74, 6) is 0.273. The molecule has 82 valence electrons. The molecule has 2 N–H and O–H groups in total. The second kappa shape index (κ2) is 5.82. The molecular weight excluding hydrogens is 184 g/mol. The smallest absolute Gasteiger partial charge is 0.409 e. The maximum atomic E-state index is 11.3. The van der Waals surface area contributed by atoms with E-state index in [1.165, 1.54) is 0 Å². The number of ether oxygens (including phenoxy) is 2. The van der Waals surface area contributed by atoms with E-state index in [0.29, 0.717) is 32.8 Å². The SMILES string of the molecule is COCCCN1CC(CN)COC1=O. The number of cyclic esters (lactones) is 1. The summed E-state index contributed by atoms with van der Waals surface area (Å²) in [5.41, 5.74) is 5.52. The van der Waals surface area contributed by atoms with Gasteiger partial charge in [0, 0.05) is 39.3 Å². The van der Waals surface area contributed by atoms with Crippen LogP contribution in [0.3, 0.4) is 0 Å². The Morgan fingerprint density at radius 1 is 1.71 bits per heavy atom. The number of hydrogen-bond acceptors (Lipinski definition) is 4. The highest BCUT2D eigenvalue weighted by atomic mass is 16.6. The maximum Gasteiger partial charge on any atom is 0.409 e. The van der Waals surface area contributed by atoms with Crippen LogP contribution in [0.2, 0.25) is 0 Å². The molecule has 0 radical (unpaired) electrons. The molecule has 1 atom stereocenters. The molecular formula is C9H18N2O3. The van der Waals surface area contributed by atoms with Gasteiger partial charge in [0.15, 0.2) is 0 Å². The fourth-order valence-corrected chi connectivity index (χ4v) is 1.44. The molecule has 0 saturated carbocycles. The van der Waals surface area contributed by atoms with E-state index in [1.807, 2.05) is 0 Å². The van der Waals surface area contributed by atoms with Crippen molar-refractivity contribution in [3.8, 4) is 0 Å². The van der Waals surface area contributed by atoms with Gasteiger partial charge < -0.3 is 20.1 Å². The van der Waals surface area contributed by atoms with Crippen LogP contribution in [0.5, 0.6) is 0 Å². The van der Waals surface area contributed by atoms with E-state index in [4.69, 9.17) is 15.2 Å². The minimum atomic E-state index is -0.231. The highest BCUT2D eigenvalue weighted by Crippen LogP contribution is 2.10. The predicted molar refractivity (Wildman–Crippen MR) is 52.0 cm³/mol. The molecule has 1 saturated heterocycles. The molecule has 1 aliphatic rings. The molecule has 0 aliphatic carbocycles. The molecule has 0 bridgehead atoms. The van der Waals surface area contributed by atoms with Crippen molar-refractivity contribution in [2.45, 2.75) is 6.42 Å². The van der Waals surface area contributed by atoms with Gasteiger partial charge in [-0.25, -0.2) is 4.79 Å². The fourth-order valence-electron chi connectivity index (χ4n) is 1.44. The number of carbonyl (C=O) groups excluding carboxylic acids is 1. The average molecular weight is 202 g/mol. The van der Waals surface area contributed by atoms with Gasteiger partial charge in [0.05, 0.1) is 6.61 Å². The van der Waals surface area contributed by atoms with Crippen molar-refractivity contribution in [1.82, 2.24) is 4.90 Å². The highest BCUT2D eigenvalue weighted by Gasteiger charge is 2.25. The Hall–Kier alpha value is -0.810. The first-order valence-corrected chi connectivity index (χ1v) is 4.88. The molecule has 0 aromatic heterocycles. The summed E-state index contributed by atoms with van der Waals surface area (Å²) >= 11 is 0. The van der Waals surface area contributed by atoms with Gasteiger partial charge in [-0.05, 0) is 6.42 Å². The second-order valence-corrected chi connectivity index (χ2v) is 3.47. The first-order valence-electron chi connectivity index (χ1n) is 4.88. The zero-order chi connectivity index (χ0) is 10.4. The Bertz CT molecular complexity index is 187. The quantitative estimate of drug-likeness (QED) is 0.640. The standard InChI is InChI=1S/C9H18N2O3/c1-13-4-2-3-11-6-8(5-10)7-14-9(11)12/h8H,2-7,10H2,1H3. The predicted octanol–water partition coefficient (Wildman–Crippen LogP) is 0.0500. The van der Waals surface area contributed by atoms with E-state index in [1.54, 1.807) is 12.0 Å². The number of hydrogen-bond donors (Lipinski definition) is 1. The Morgan fingerprint density at radius 2 is 2.50 bits per heavy atom. The van der Waals surface area contributed by atoms with Gasteiger partial charge >= 0.3 is 6.09 Å². The van der Waals surface area contributed by atoms with Gasteiger partial charge in [-0.2, -0.15) is 0 Å². The number of nitrogens with zero attached hydrogens (tertiary/aromatic N) is 1. The lowest BCUT2D eigenvalue weighted by molar-refractivity contribution is 0.0422. The van der Waals surface area contributed by atoms with Crippen LogP contribution in [-0.2, 0) is 9.47 Å². The number of amides is 1. The molecule has 5 heteroatoms. The first kappa shape index (κ1) is 11.3. The fraction of sp³-hybridized carbons (Fsp3) is 0.889. The Labute approximate surface area is 84.1 Å². The van der Waals surface area contributed by atoms with E-state index >= 15 is 0 Å². The molecule has 1 rings (SSSR count). The average Bonchev–Trinajstić information content (AvgIpc) is 2.21. The number of rotatable bonds is 5. The zero-order valence-corrected chi connectivity index (χ0v) is 8.57. The minimum absolute atomic E-state index is 0.231. The molecule has 14 heavy (non-hydrogen) atoms. The molecule has 0 aromatic carbocycles. The molecule has 1 fully saturated rings. The van der Waals surface area contributed by atoms with Crippen LogP contribution in [0.1, 0.15) is 6.42 Å². The van der Waals surface area contributed by atoms with Gasteiger partial charge in [-0.1, -0.05) is 0 Å². The van der Waals surface area contributed by atoms with E-state index in [0.717, 1.165) is 6.42 Å². The zero-order valence-electron chi connectivity index (χ0n) is 8.57. The van der Waals surface area contributed by atoms with E-state index in [2.05, 4.69) is 0 Å². The number of carbonyl (C=O) groups is 1. The van der Waals surface area contributed by atoms with Crippen LogP contribution in [0.15, 0.2) is 0 Å². The third kappa shape index (κ3) is 3.16. The van der Waals surface area contributed by atoms with Gasteiger partial charge in [0.25, 0.3) is 0 Å². The normalized spacial score (nSPS) is 22.3. The summed E-state index contributed by atoms with van der Waals surface area (Å²) in [6, 6.07) is 0. The van der Waals surface area contributed by atoms with Crippen molar-refractivity contribution in [2.24, 2.45) is 11.7 Å². The van der Waals surface area contributed by atoms with Crippen LogP contribution < -0.4 is 5.73 Å². The highest BCUT2D eigenvalue weighted by molar-refractivity contribution is 5.68. The van der Waals surface area contributed by atoms with Crippen LogP contribution in [0.4, 0.5) is 4.79 Å². The molecule has 1 aliphatic heterocycles. The summed E-state index contributed by atoms with van der Waals surface area (Å²) in [6.07, 6.45) is 0.605. The third-order valence-electron chi connectivity index (χ3n) is 2.29. The lowest BCUT2D eigenvalue weighted by Crippen LogP contribution is -2.45. The largest absolute Gasteiger partial charge is 0.449 e. The van der Waals surface area contributed by atoms with E-state index in [9.17, 15) is 4.79 Å². The van der Waals surface area contributed by atoms with Crippen molar-refractivity contribution in [1.29, 1.82) is 0 Å². The van der Waals surface area contributed by atoms with Crippen LogP contribution in [0, 0.1) is 5.92 Å². The maximum absolute atomic E-state index is 11.3. The van der Waals surface area contributed by atoms with E-state index < -0.39 is 0 Å².